The largest absolute Gasteiger partial charge is 0.377 e. The molecule has 2 aliphatic rings. The van der Waals surface area contributed by atoms with Crippen molar-refractivity contribution in [3.63, 3.8) is 0 Å². The van der Waals surface area contributed by atoms with E-state index in [0.29, 0.717) is 26.2 Å². The Labute approximate surface area is 144 Å². The minimum Gasteiger partial charge on any atom is -0.377 e. The van der Waals surface area contributed by atoms with Crippen LogP contribution in [0.15, 0.2) is 24.5 Å². The molecule has 23 heavy (non-hydrogen) atoms. The third kappa shape index (κ3) is 4.64. The van der Waals surface area contributed by atoms with Crippen LogP contribution in [0.25, 0.3) is 0 Å². The van der Waals surface area contributed by atoms with Crippen molar-refractivity contribution in [3.8, 4) is 0 Å². The normalized spacial score (nSPS) is 26.4. The highest BCUT2D eigenvalue weighted by atomic mass is 35.5. The molecule has 0 amide bonds. The highest BCUT2D eigenvalue weighted by Crippen LogP contribution is 2.26. The summed E-state index contributed by atoms with van der Waals surface area (Å²) in [6.07, 6.45) is 6.20. The van der Waals surface area contributed by atoms with Gasteiger partial charge in [0.2, 0.25) is 10.0 Å². The first-order chi connectivity index (χ1) is 10.7. The molecule has 6 nitrogen and oxygen atoms in total. The van der Waals surface area contributed by atoms with Gasteiger partial charge in [-0.25, -0.2) is 8.42 Å². The maximum absolute atomic E-state index is 12.8. The molecule has 2 unspecified atom stereocenters. The molecule has 0 radical (unpaired) electrons. The quantitative estimate of drug-likeness (QED) is 0.876. The molecule has 2 aliphatic heterocycles. The maximum Gasteiger partial charge on any atom is 0.217 e. The molecule has 0 aromatic carbocycles. The molecule has 130 valence electrons. The lowest BCUT2D eigenvalue weighted by atomic mass is 10.1. The van der Waals surface area contributed by atoms with E-state index >= 15 is 0 Å². The van der Waals surface area contributed by atoms with Gasteiger partial charge >= 0.3 is 0 Å². The summed E-state index contributed by atoms with van der Waals surface area (Å²) in [7, 11) is -3.34. The van der Waals surface area contributed by atoms with Crippen molar-refractivity contribution >= 4 is 22.4 Å². The maximum atomic E-state index is 12.8. The summed E-state index contributed by atoms with van der Waals surface area (Å²) >= 11 is 0. The van der Waals surface area contributed by atoms with Crippen LogP contribution in [0.3, 0.4) is 0 Å². The van der Waals surface area contributed by atoms with Crippen LogP contribution in [0.2, 0.25) is 0 Å². The van der Waals surface area contributed by atoms with Gasteiger partial charge in [0.1, 0.15) is 0 Å². The highest BCUT2D eigenvalue weighted by molar-refractivity contribution is 7.89. The molecule has 1 aromatic rings. The van der Waals surface area contributed by atoms with Crippen molar-refractivity contribution in [2.24, 2.45) is 0 Å². The molecule has 3 rings (SSSR count). The Morgan fingerprint density at radius 2 is 2.26 bits per heavy atom. The highest BCUT2D eigenvalue weighted by Gasteiger charge is 2.35. The number of hydrogen-bond donors (Lipinski definition) is 1. The van der Waals surface area contributed by atoms with Gasteiger partial charge in [0.05, 0.1) is 17.9 Å². The summed E-state index contributed by atoms with van der Waals surface area (Å²) < 4.78 is 32.9. The number of hydrogen-bond acceptors (Lipinski definition) is 5. The minimum atomic E-state index is -3.34. The first-order valence-corrected chi connectivity index (χ1v) is 9.49. The number of piperazine rings is 1. The second-order valence-electron chi connectivity index (χ2n) is 5.88. The summed E-state index contributed by atoms with van der Waals surface area (Å²) in [5, 5.41) is 3.27. The van der Waals surface area contributed by atoms with Crippen molar-refractivity contribution in [2.75, 3.05) is 32.0 Å². The van der Waals surface area contributed by atoms with E-state index in [1.165, 1.54) is 0 Å². The Morgan fingerprint density at radius 1 is 1.39 bits per heavy atom. The van der Waals surface area contributed by atoms with E-state index < -0.39 is 10.0 Å². The van der Waals surface area contributed by atoms with E-state index in [9.17, 15) is 8.42 Å². The van der Waals surface area contributed by atoms with Crippen molar-refractivity contribution < 1.29 is 13.2 Å². The van der Waals surface area contributed by atoms with E-state index in [4.69, 9.17) is 4.74 Å². The third-order valence-electron chi connectivity index (χ3n) is 4.29. The van der Waals surface area contributed by atoms with Crippen molar-refractivity contribution in [1.29, 1.82) is 0 Å². The summed E-state index contributed by atoms with van der Waals surface area (Å²) in [4.78, 5) is 4.12. The van der Waals surface area contributed by atoms with Gasteiger partial charge in [-0.15, -0.1) is 12.4 Å². The van der Waals surface area contributed by atoms with Gasteiger partial charge in [-0.05, 0) is 30.9 Å². The fourth-order valence-corrected chi connectivity index (χ4v) is 5.02. The Morgan fingerprint density at radius 3 is 2.96 bits per heavy atom. The van der Waals surface area contributed by atoms with Gasteiger partial charge in [-0.1, -0.05) is 6.07 Å². The summed E-state index contributed by atoms with van der Waals surface area (Å²) in [6.45, 7) is 2.47. The van der Waals surface area contributed by atoms with Crippen LogP contribution >= 0.6 is 12.4 Å². The molecule has 1 N–H and O–H groups in total. The van der Waals surface area contributed by atoms with Gasteiger partial charge in [0, 0.05) is 38.6 Å². The number of nitrogens with one attached hydrogen (secondary N) is 1. The summed E-state index contributed by atoms with van der Waals surface area (Å²) in [6, 6.07) is 3.60. The first-order valence-electron chi connectivity index (χ1n) is 7.88. The van der Waals surface area contributed by atoms with Crippen LogP contribution < -0.4 is 5.32 Å². The zero-order valence-electron chi connectivity index (χ0n) is 13.1. The van der Waals surface area contributed by atoms with Crippen molar-refractivity contribution in [2.45, 2.75) is 31.4 Å². The van der Waals surface area contributed by atoms with Crippen molar-refractivity contribution in [3.05, 3.63) is 30.1 Å². The van der Waals surface area contributed by atoms with Crippen LogP contribution in [0, 0.1) is 0 Å². The Kier molecular flexibility index (Phi) is 6.79. The van der Waals surface area contributed by atoms with E-state index in [-0.39, 0.29) is 30.3 Å². The van der Waals surface area contributed by atoms with Gasteiger partial charge in [-0.3, -0.25) is 4.98 Å². The van der Waals surface area contributed by atoms with Crippen LogP contribution in [-0.4, -0.2) is 55.8 Å². The number of ether oxygens (including phenoxy) is 1. The molecular formula is C15H24ClN3O3S. The lowest BCUT2D eigenvalue weighted by molar-refractivity contribution is 0.0296. The molecule has 2 saturated heterocycles. The fraction of sp³-hybridized carbons (Fsp3) is 0.667. The molecule has 2 fully saturated rings. The van der Waals surface area contributed by atoms with E-state index in [0.717, 1.165) is 24.8 Å². The number of aromatic nitrogens is 1. The molecule has 1 aromatic heterocycles. The lowest BCUT2D eigenvalue weighted by Gasteiger charge is -2.36. The monoisotopic (exact) mass is 361 g/mol. The minimum absolute atomic E-state index is 0. The second kappa shape index (κ2) is 8.39. The molecule has 8 heteroatoms. The van der Waals surface area contributed by atoms with Gasteiger partial charge in [0.25, 0.3) is 0 Å². The Bertz CT molecular complexity index is 579. The van der Waals surface area contributed by atoms with E-state index in [1.54, 1.807) is 16.7 Å². The van der Waals surface area contributed by atoms with Crippen LogP contribution in [0.4, 0.5) is 0 Å². The van der Waals surface area contributed by atoms with E-state index in [1.807, 2.05) is 12.1 Å². The third-order valence-corrected chi connectivity index (χ3v) is 6.24. The van der Waals surface area contributed by atoms with Gasteiger partial charge in [0.15, 0.2) is 0 Å². The summed E-state index contributed by atoms with van der Waals surface area (Å²) in [5.41, 5.74) is 0.933. The summed E-state index contributed by atoms with van der Waals surface area (Å²) in [5.74, 6) is 0.0871. The molecule has 0 aliphatic carbocycles. The zero-order valence-corrected chi connectivity index (χ0v) is 14.7. The van der Waals surface area contributed by atoms with Gasteiger partial charge < -0.3 is 10.1 Å². The average Bonchev–Trinajstić information content (AvgIpc) is 2.56. The predicted octanol–water partition coefficient (Wildman–Crippen LogP) is 1.35. The molecule has 2 atom stereocenters. The first kappa shape index (κ1) is 18.6. The van der Waals surface area contributed by atoms with Crippen LogP contribution in [0.1, 0.15) is 30.9 Å². The van der Waals surface area contributed by atoms with Crippen LogP contribution in [0.5, 0.6) is 0 Å². The number of sulfonamides is 1. The average molecular weight is 362 g/mol. The molecular weight excluding hydrogens is 338 g/mol. The zero-order chi connectivity index (χ0) is 15.4. The van der Waals surface area contributed by atoms with Gasteiger partial charge in [-0.2, -0.15) is 4.31 Å². The molecule has 0 saturated carbocycles. The number of halogens is 1. The standard InChI is InChI=1S/C15H23N3O3S.ClH/c19-22(20,12-14-5-1-2-9-21-14)18-8-7-17-11-15(18)13-4-3-6-16-10-13;/h3-4,6,10,14-15,17H,1-2,5,7-9,11-12H2;1H. The van der Waals surface area contributed by atoms with Crippen LogP contribution in [-0.2, 0) is 14.8 Å². The van der Waals surface area contributed by atoms with E-state index in [2.05, 4.69) is 10.3 Å². The Balaban J connectivity index is 0.00000192. The number of nitrogens with zero attached hydrogens (tertiary/aromatic N) is 2. The fourth-order valence-electron chi connectivity index (χ4n) is 3.15. The lowest BCUT2D eigenvalue weighted by Crippen LogP contribution is -2.50. The molecule has 0 bridgehead atoms. The predicted molar refractivity (Wildman–Crippen MR) is 91.2 cm³/mol. The van der Waals surface area contributed by atoms with Crippen molar-refractivity contribution in [1.82, 2.24) is 14.6 Å². The molecule has 0 spiro atoms. The smallest absolute Gasteiger partial charge is 0.217 e. The topological polar surface area (TPSA) is 71.5 Å². The number of rotatable bonds is 4. The second-order valence-corrected chi connectivity index (χ2v) is 7.85. The SMILES string of the molecule is Cl.O=S(=O)(CC1CCCCO1)N1CCNCC1c1cccnc1. The molecule has 3 heterocycles. The number of pyridine rings is 1. The Hall–Kier alpha value is -0.730.